The molecule has 2 rings (SSSR count). The van der Waals surface area contributed by atoms with E-state index in [1.54, 1.807) is 61.6 Å². The van der Waals surface area contributed by atoms with Gasteiger partial charge in [-0.1, -0.05) is 29.8 Å². The van der Waals surface area contributed by atoms with E-state index in [4.69, 9.17) is 11.6 Å². The molecule has 0 saturated heterocycles. The first-order valence-corrected chi connectivity index (χ1v) is 8.33. The van der Waals surface area contributed by atoms with Gasteiger partial charge < -0.3 is 10.2 Å². The number of carbonyl (C=O) groups excluding carboxylic acids is 3. The number of hydrogen-bond acceptors (Lipinski definition) is 3. The molecule has 136 valence electrons. The summed E-state index contributed by atoms with van der Waals surface area (Å²) in [5, 5.41) is 3.31. The SMILES string of the molecule is C[NH+](CC(=O)NNC(=O)c1ccccc1)CC(=O)Nc1ccc(Cl)cc1. The van der Waals surface area contributed by atoms with E-state index < -0.39 is 11.8 Å². The third kappa shape index (κ3) is 6.54. The summed E-state index contributed by atoms with van der Waals surface area (Å²) >= 11 is 5.79. The molecule has 1 unspecified atom stereocenters. The summed E-state index contributed by atoms with van der Waals surface area (Å²) in [6.07, 6.45) is 0. The van der Waals surface area contributed by atoms with E-state index >= 15 is 0 Å². The zero-order chi connectivity index (χ0) is 18.9. The van der Waals surface area contributed by atoms with Crippen molar-refractivity contribution in [3.8, 4) is 0 Å². The molecule has 0 aliphatic heterocycles. The topological polar surface area (TPSA) is 91.7 Å². The van der Waals surface area contributed by atoms with Gasteiger partial charge in [-0.3, -0.25) is 25.2 Å². The highest BCUT2D eigenvalue weighted by Crippen LogP contribution is 2.12. The highest BCUT2D eigenvalue weighted by Gasteiger charge is 2.15. The molecule has 0 bridgehead atoms. The second kappa shape index (κ2) is 9.55. The number of likely N-dealkylation sites (N-methyl/N-ethyl adjacent to an activating group) is 1. The number of quaternary nitrogens is 1. The zero-order valence-corrected chi connectivity index (χ0v) is 15.0. The molecule has 0 radical (unpaired) electrons. The molecule has 0 fully saturated rings. The van der Waals surface area contributed by atoms with Crippen LogP contribution in [-0.4, -0.2) is 37.9 Å². The van der Waals surface area contributed by atoms with E-state index in [2.05, 4.69) is 16.2 Å². The van der Waals surface area contributed by atoms with Gasteiger partial charge >= 0.3 is 0 Å². The van der Waals surface area contributed by atoms with Crippen molar-refractivity contribution < 1.29 is 19.3 Å². The number of hydrogen-bond donors (Lipinski definition) is 4. The van der Waals surface area contributed by atoms with Crippen molar-refractivity contribution in [1.82, 2.24) is 10.9 Å². The molecule has 0 spiro atoms. The number of benzene rings is 2. The first-order chi connectivity index (χ1) is 12.4. The van der Waals surface area contributed by atoms with Gasteiger partial charge in [0.2, 0.25) is 0 Å². The summed E-state index contributed by atoms with van der Waals surface area (Å²) in [4.78, 5) is 36.4. The van der Waals surface area contributed by atoms with Crippen LogP contribution in [0, 0.1) is 0 Å². The van der Waals surface area contributed by atoms with Gasteiger partial charge in [0.15, 0.2) is 13.1 Å². The lowest BCUT2D eigenvalue weighted by Gasteiger charge is -2.14. The lowest BCUT2D eigenvalue weighted by atomic mass is 10.2. The quantitative estimate of drug-likeness (QED) is 0.546. The van der Waals surface area contributed by atoms with Gasteiger partial charge in [0, 0.05) is 16.3 Å². The molecule has 0 heterocycles. The maximum absolute atomic E-state index is 12.0. The summed E-state index contributed by atoms with van der Waals surface area (Å²) < 4.78 is 0. The van der Waals surface area contributed by atoms with E-state index in [0.717, 1.165) is 0 Å². The van der Waals surface area contributed by atoms with Crippen molar-refractivity contribution in [2.24, 2.45) is 0 Å². The molecule has 0 aliphatic rings. The highest BCUT2D eigenvalue weighted by atomic mass is 35.5. The van der Waals surface area contributed by atoms with Gasteiger partial charge in [0.25, 0.3) is 17.7 Å². The minimum atomic E-state index is -0.405. The van der Waals surface area contributed by atoms with Crippen LogP contribution in [0.4, 0.5) is 5.69 Å². The van der Waals surface area contributed by atoms with Gasteiger partial charge in [-0.05, 0) is 36.4 Å². The molecular weight excluding hydrogens is 356 g/mol. The van der Waals surface area contributed by atoms with Crippen LogP contribution < -0.4 is 21.1 Å². The third-order valence-electron chi connectivity index (χ3n) is 3.40. The van der Waals surface area contributed by atoms with Crippen LogP contribution in [0.3, 0.4) is 0 Å². The van der Waals surface area contributed by atoms with Gasteiger partial charge in [0.05, 0.1) is 7.05 Å². The lowest BCUT2D eigenvalue weighted by Crippen LogP contribution is -3.11. The van der Waals surface area contributed by atoms with Crippen molar-refractivity contribution in [3.63, 3.8) is 0 Å². The molecule has 2 aromatic rings. The number of carbonyl (C=O) groups is 3. The first kappa shape index (κ1) is 19.4. The number of nitrogens with one attached hydrogen (secondary N) is 4. The molecule has 0 aliphatic carbocycles. The van der Waals surface area contributed by atoms with E-state index in [1.165, 1.54) is 0 Å². The average molecular weight is 376 g/mol. The first-order valence-electron chi connectivity index (χ1n) is 7.95. The van der Waals surface area contributed by atoms with E-state index in [0.29, 0.717) is 21.2 Å². The van der Waals surface area contributed by atoms with Crippen molar-refractivity contribution in [2.75, 3.05) is 25.5 Å². The van der Waals surface area contributed by atoms with Crippen LogP contribution in [0.2, 0.25) is 5.02 Å². The second-order valence-electron chi connectivity index (χ2n) is 5.73. The summed E-state index contributed by atoms with van der Waals surface area (Å²) in [5.41, 5.74) is 5.74. The maximum Gasteiger partial charge on any atom is 0.293 e. The van der Waals surface area contributed by atoms with E-state index in [-0.39, 0.29) is 19.0 Å². The Morgan fingerprint density at radius 1 is 0.885 bits per heavy atom. The molecule has 4 N–H and O–H groups in total. The van der Waals surface area contributed by atoms with Crippen molar-refractivity contribution in [2.45, 2.75) is 0 Å². The van der Waals surface area contributed by atoms with Crippen LogP contribution in [0.15, 0.2) is 54.6 Å². The van der Waals surface area contributed by atoms with Crippen LogP contribution in [0.1, 0.15) is 10.4 Å². The number of rotatable bonds is 6. The van der Waals surface area contributed by atoms with Gasteiger partial charge in [-0.2, -0.15) is 0 Å². The molecule has 8 heteroatoms. The van der Waals surface area contributed by atoms with E-state index in [9.17, 15) is 14.4 Å². The summed E-state index contributed by atoms with van der Waals surface area (Å²) in [6.45, 7) is 0.131. The molecule has 0 saturated carbocycles. The third-order valence-corrected chi connectivity index (χ3v) is 3.66. The van der Waals surface area contributed by atoms with Crippen LogP contribution in [-0.2, 0) is 9.59 Å². The highest BCUT2D eigenvalue weighted by molar-refractivity contribution is 6.30. The Labute approximate surface area is 156 Å². The molecule has 3 amide bonds. The number of amides is 3. The fraction of sp³-hybridized carbons (Fsp3) is 0.167. The Bertz CT molecular complexity index is 766. The Morgan fingerprint density at radius 2 is 1.50 bits per heavy atom. The number of halogens is 1. The van der Waals surface area contributed by atoms with Gasteiger partial charge in [-0.25, -0.2) is 0 Å². The van der Waals surface area contributed by atoms with Crippen LogP contribution in [0.25, 0.3) is 0 Å². The normalized spacial score (nSPS) is 11.3. The molecule has 26 heavy (non-hydrogen) atoms. The summed E-state index contributed by atoms with van der Waals surface area (Å²) in [7, 11) is 1.71. The Hall–Kier alpha value is -2.90. The predicted octanol–water partition coefficient (Wildman–Crippen LogP) is 0.254. The molecule has 0 aromatic heterocycles. The Morgan fingerprint density at radius 3 is 2.15 bits per heavy atom. The molecule has 2 aromatic carbocycles. The second-order valence-corrected chi connectivity index (χ2v) is 6.17. The number of anilines is 1. The standard InChI is InChI=1S/C18H19ClN4O3/c1-23(11-16(24)20-15-9-7-14(19)8-10-15)12-17(25)21-22-18(26)13-5-3-2-4-6-13/h2-10H,11-12H2,1H3,(H,20,24)(H,21,25)(H,22,26)/p+1. The van der Waals surface area contributed by atoms with Gasteiger partial charge in [0.1, 0.15) is 0 Å². The van der Waals surface area contributed by atoms with Crippen molar-refractivity contribution in [3.05, 3.63) is 65.2 Å². The molecule has 1 atom stereocenters. The van der Waals surface area contributed by atoms with Crippen molar-refractivity contribution >= 4 is 35.0 Å². The number of hydrazine groups is 1. The Balaban J connectivity index is 1.71. The van der Waals surface area contributed by atoms with Gasteiger partial charge in [-0.15, -0.1) is 0 Å². The van der Waals surface area contributed by atoms with Crippen LogP contribution in [0.5, 0.6) is 0 Å². The van der Waals surface area contributed by atoms with Crippen LogP contribution >= 0.6 is 11.6 Å². The predicted molar refractivity (Wildman–Crippen MR) is 98.8 cm³/mol. The smallest absolute Gasteiger partial charge is 0.293 e. The zero-order valence-electron chi connectivity index (χ0n) is 14.2. The monoisotopic (exact) mass is 375 g/mol. The largest absolute Gasteiger partial charge is 0.322 e. The lowest BCUT2D eigenvalue weighted by molar-refractivity contribution is -0.862. The Kier molecular flexibility index (Phi) is 7.13. The fourth-order valence-electron chi connectivity index (χ4n) is 2.18. The fourth-order valence-corrected chi connectivity index (χ4v) is 2.31. The maximum atomic E-state index is 12.0. The molecule has 7 nitrogen and oxygen atoms in total. The molecular formula is C18H20ClN4O3+. The van der Waals surface area contributed by atoms with Crippen molar-refractivity contribution in [1.29, 1.82) is 0 Å². The van der Waals surface area contributed by atoms with E-state index in [1.807, 2.05) is 0 Å². The minimum Gasteiger partial charge on any atom is -0.322 e. The minimum absolute atomic E-state index is 0.0309. The summed E-state index contributed by atoms with van der Waals surface area (Å²) in [5.74, 6) is -1.03. The average Bonchev–Trinajstić information content (AvgIpc) is 2.62. The summed E-state index contributed by atoms with van der Waals surface area (Å²) in [6, 6.07) is 15.3.